The van der Waals surface area contributed by atoms with Crippen LogP contribution in [0.1, 0.15) is 48.5 Å². The molecule has 0 spiro atoms. The fourth-order valence-electron chi connectivity index (χ4n) is 4.81. The molecule has 1 aliphatic carbocycles. The molecular weight excluding hydrogens is 414 g/mol. The zero-order chi connectivity index (χ0) is 22.2. The third-order valence-electron chi connectivity index (χ3n) is 6.62. The van der Waals surface area contributed by atoms with Gasteiger partial charge in [-0.3, -0.25) is 14.8 Å². The molecule has 1 N–H and O–H groups in total. The van der Waals surface area contributed by atoms with Gasteiger partial charge in [0.05, 0.1) is 11.4 Å². The van der Waals surface area contributed by atoms with Crippen molar-refractivity contribution in [1.82, 2.24) is 25.0 Å². The summed E-state index contributed by atoms with van der Waals surface area (Å²) in [6.45, 7) is 8.58. The molecule has 2 heterocycles. The van der Waals surface area contributed by atoms with Gasteiger partial charge in [0, 0.05) is 26.2 Å². The van der Waals surface area contributed by atoms with Crippen LogP contribution in [-0.4, -0.2) is 70.2 Å². The highest BCUT2D eigenvalue weighted by molar-refractivity contribution is 7.93. The fourth-order valence-corrected chi connectivity index (χ4v) is 7.25. The summed E-state index contributed by atoms with van der Waals surface area (Å²) in [4.78, 5) is 22.3. The number of sulfone groups is 1. The van der Waals surface area contributed by atoms with Crippen LogP contribution in [0.2, 0.25) is 0 Å². The van der Waals surface area contributed by atoms with Crippen molar-refractivity contribution in [2.75, 3.05) is 26.2 Å². The van der Waals surface area contributed by atoms with Crippen LogP contribution in [0.5, 0.6) is 0 Å². The number of hydrogen-bond donors (Lipinski definition) is 1. The number of nitrogens with zero attached hydrogens (tertiary/aromatic N) is 4. The maximum absolute atomic E-state index is 13.8. The van der Waals surface area contributed by atoms with E-state index in [1.165, 1.54) is 0 Å². The highest BCUT2D eigenvalue weighted by Crippen LogP contribution is 2.43. The maximum Gasteiger partial charge on any atom is 0.244 e. The number of amides is 1. The molecule has 1 amide bonds. The number of aromatic nitrogens is 3. The second kappa shape index (κ2) is 8.35. The molecule has 9 heteroatoms. The Morgan fingerprint density at radius 1 is 1.10 bits per heavy atom. The summed E-state index contributed by atoms with van der Waals surface area (Å²) in [6, 6.07) is 5.46. The van der Waals surface area contributed by atoms with Crippen LogP contribution < -0.4 is 0 Å². The average Bonchev–Trinajstić information content (AvgIpc) is 3.40. The number of rotatable bonds is 5. The van der Waals surface area contributed by atoms with E-state index in [1.807, 2.05) is 32.9 Å². The Bertz CT molecular complexity index is 1060. The van der Waals surface area contributed by atoms with Gasteiger partial charge in [-0.15, -0.1) is 0 Å². The molecule has 0 unspecified atom stereocenters. The third-order valence-corrected chi connectivity index (χ3v) is 9.25. The first-order valence-electron chi connectivity index (χ1n) is 10.9. The first-order valence-corrected chi connectivity index (χ1v) is 12.4. The van der Waals surface area contributed by atoms with Crippen LogP contribution in [-0.2, 0) is 21.2 Å². The third kappa shape index (κ3) is 4.01. The van der Waals surface area contributed by atoms with Gasteiger partial charge in [-0.2, -0.15) is 5.10 Å². The molecule has 2 fully saturated rings. The summed E-state index contributed by atoms with van der Waals surface area (Å²) >= 11 is 0. The van der Waals surface area contributed by atoms with E-state index in [4.69, 9.17) is 0 Å². The first kappa shape index (κ1) is 22.0. The van der Waals surface area contributed by atoms with Crippen LogP contribution in [0.25, 0.3) is 0 Å². The molecule has 4 rings (SSSR count). The number of aromatic amines is 1. The fraction of sp³-hybridized carbons (Fsp3) is 0.591. The minimum absolute atomic E-state index is 0.223. The molecule has 1 aromatic heterocycles. The molecule has 168 valence electrons. The molecule has 2 aromatic rings. The van der Waals surface area contributed by atoms with Gasteiger partial charge in [0.1, 0.15) is 5.82 Å². The van der Waals surface area contributed by atoms with Crippen molar-refractivity contribution in [2.24, 2.45) is 0 Å². The van der Waals surface area contributed by atoms with E-state index >= 15 is 0 Å². The lowest BCUT2D eigenvalue weighted by molar-refractivity contribution is -0.135. The van der Waals surface area contributed by atoms with E-state index < -0.39 is 14.6 Å². The number of piperazine rings is 1. The molecule has 0 radical (unpaired) electrons. The van der Waals surface area contributed by atoms with Crippen LogP contribution in [0.4, 0.5) is 0 Å². The number of H-pyrrole nitrogens is 1. The lowest BCUT2D eigenvalue weighted by atomic mass is 10.0. The van der Waals surface area contributed by atoms with Crippen molar-refractivity contribution < 1.29 is 13.2 Å². The summed E-state index contributed by atoms with van der Waals surface area (Å²) in [5.41, 5.74) is 1.59. The molecule has 0 atom stereocenters. The number of benzene rings is 1. The largest absolute Gasteiger partial charge is 0.339 e. The van der Waals surface area contributed by atoms with Gasteiger partial charge in [0.15, 0.2) is 20.4 Å². The minimum Gasteiger partial charge on any atom is -0.339 e. The molecule has 1 aliphatic heterocycles. The van der Waals surface area contributed by atoms with Crippen LogP contribution in [0.3, 0.4) is 0 Å². The highest BCUT2D eigenvalue weighted by atomic mass is 32.2. The Morgan fingerprint density at radius 3 is 2.39 bits per heavy atom. The average molecular weight is 446 g/mol. The Morgan fingerprint density at radius 2 is 1.77 bits per heavy atom. The van der Waals surface area contributed by atoms with Gasteiger partial charge in [-0.05, 0) is 50.8 Å². The van der Waals surface area contributed by atoms with Crippen molar-refractivity contribution in [1.29, 1.82) is 0 Å². The summed E-state index contributed by atoms with van der Waals surface area (Å²) in [5.74, 6) is 1.30. The molecule has 2 aliphatic rings. The van der Waals surface area contributed by atoms with Gasteiger partial charge >= 0.3 is 0 Å². The van der Waals surface area contributed by atoms with Crippen LogP contribution in [0, 0.1) is 20.8 Å². The Hall–Kier alpha value is -2.26. The Balaban J connectivity index is 1.53. The summed E-state index contributed by atoms with van der Waals surface area (Å²) in [7, 11) is -3.79. The van der Waals surface area contributed by atoms with Crippen molar-refractivity contribution in [3.63, 3.8) is 0 Å². The predicted molar refractivity (Wildman–Crippen MR) is 117 cm³/mol. The summed E-state index contributed by atoms with van der Waals surface area (Å²) < 4.78 is 26.3. The van der Waals surface area contributed by atoms with E-state index in [0.29, 0.717) is 56.0 Å². The standard InChI is InChI=1S/C22H31N5O3S/c1-16-6-7-17(2)19(14-16)31(29,30)22(8-4-5-9-22)21(28)27-12-10-26(11-13-27)15-20-23-18(3)24-25-20/h6-7,14H,4-5,8-13,15H2,1-3H3,(H,23,24,25). The van der Waals surface area contributed by atoms with Gasteiger partial charge in [0.2, 0.25) is 5.91 Å². The van der Waals surface area contributed by atoms with Crippen molar-refractivity contribution in [3.05, 3.63) is 41.0 Å². The smallest absolute Gasteiger partial charge is 0.244 e. The zero-order valence-electron chi connectivity index (χ0n) is 18.5. The summed E-state index contributed by atoms with van der Waals surface area (Å²) in [6.07, 6.45) is 2.33. The number of nitrogens with one attached hydrogen (secondary N) is 1. The molecule has 8 nitrogen and oxygen atoms in total. The number of aryl methyl sites for hydroxylation is 3. The molecule has 31 heavy (non-hydrogen) atoms. The molecule has 0 bridgehead atoms. The topological polar surface area (TPSA) is 99.3 Å². The highest BCUT2D eigenvalue weighted by Gasteiger charge is 2.55. The molecule has 1 saturated carbocycles. The second-order valence-electron chi connectivity index (χ2n) is 8.88. The number of carbonyl (C=O) groups excluding carboxylic acids is 1. The van der Waals surface area contributed by atoms with E-state index in [2.05, 4.69) is 20.1 Å². The van der Waals surface area contributed by atoms with Crippen molar-refractivity contribution in [3.8, 4) is 0 Å². The molecular formula is C22H31N5O3S. The predicted octanol–water partition coefficient (Wildman–Crippen LogP) is 2.16. The van der Waals surface area contributed by atoms with Crippen LogP contribution in [0.15, 0.2) is 23.1 Å². The monoisotopic (exact) mass is 445 g/mol. The Labute approximate surface area is 184 Å². The van der Waals surface area contributed by atoms with Gasteiger partial charge in [0.25, 0.3) is 0 Å². The minimum atomic E-state index is -3.79. The molecule has 1 saturated heterocycles. The van der Waals surface area contributed by atoms with Gasteiger partial charge < -0.3 is 4.90 Å². The quantitative estimate of drug-likeness (QED) is 0.757. The number of hydrogen-bond acceptors (Lipinski definition) is 6. The number of carbonyl (C=O) groups is 1. The van der Waals surface area contributed by atoms with Crippen LogP contribution >= 0.6 is 0 Å². The van der Waals surface area contributed by atoms with Crippen molar-refractivity contribution in [2.45, 2.75) is 62.6 Å². The zero-order valence-corrected chi connectivity index (χ0v) is 19.3. The second-order valence-corrected chi connectivity index (χ2v) is 11.1. The maximum atomic E-state index is 13.8. The lowest BCUT2D eigenvalue weighted by Gasteiger charge is -2.39. The van der Waals surface area contributed by atoms with Gasteiger partial charge in [-0.1, -0.05) is 25.0 Å². The van der Waals surface area contributed by atoms with Crippen molar-refractivity contribution >= 4 is 15.7 Å². The SMILES string of the molecule is Cc1ccc(C)c(S(=O)(=O)C2(C(=O)N3CCN(Cc4n[nH]c(C)n4)CC3)CCCC2)c1. The summed E-state index contributed by atoms with van der Waals surface area (Å²) in [5, 5.41) is 7.03. The van der Waals surface area contributed by atoms with E-state index in [-0.39, 0.29) is 5.91 Å². The Kier molecular flexibility index (Phi) is 5.91. The lowest BCUT2D eigenvalue weighted by Crippen LogP contribution is -2.57. The van der Waals surface area contributed by atoms with E-state index in [0.717, 1.165) is 30.1 Å². The van der Waals surface area contributed by atoms with E-state index in [1.54, 1.807) is 11.0 Å². The van der Waals surface area contributed by atoms with E-state index in [9.17, 15) is 13.2 Å². The normalized spacial score (nSPS) is 19.6. The molecule has 1 aromatic carbocycles. The van der Waals surface area contributed by atoms with Gasteiger partial charge in [-0.25, -0.2) is 13.4 Å². The first-order chi connectivity index (χ1) is 14.7.